The molecule has 0 saturated carbocycles. The van der Waals surface area contributed by atoms with E-state index in [2.05, 4.69) is 4.98 Å². The molecule has 2 saturated heterocycles. The van der Waals surface area contributed by atoms with Crippen molar-refractivity contribution in [1.29, 1.82) is 0 Å². The van der Waals surface area contributed by atoms with Crippen LogP contribution in [0, 0.1) is 5.41 Å². The van der Waals surface area contributed by atoms with Gasteiger partial charge in [-0.05, 0) is 31.9 Å². The van der Waals surface area contributed by atoms with E-state index in [1.54, 1.807) is 11.8 Å². The molecule has 1 amide bonds. The van der Waals surface area contributed by atoms with Gasteiger partial charge in [-0.3, -0.25) is 9.78 Å². The number of pyridine rings is 1. The summed E-state index contributed by atoms with van der Waals surface area (Å²) in [5.74, 6) is -3.62. The van der Waals surface area contributed by atoms with Gasteiger partial charge in [0.25, 0.3) is 5.92 Å². The standard InChI is InChI=1S/C16H21F2N3O3S/c1-2-20-8-4-6-15(14(20)22)10-16(17,18)12-21(11-15)25(23,24)13-5-3-7-19-9-13/h3,5,7,9H,2,4,6,8,10-12H2,1H3/t15-/m0/s1. The number of aromatic nitrogens is 1. The number of piperidine rings is 2. The van der Waals surface area contributed by atoms with Crippen LogP contribution in [-0.4, -0.2) is 60.6 Å². The maximum atomic E-state index is 14.4. The van der Waals surface area contributed by atoms with Gasteiger partial charge >= 0.3 is 0 Å². The molecule has 25 heavy (non-hydrogen) atoms. The summed E-state index contributed by atoms with van der Waals surface area (Å²) in [6.45, 7) is 1.63. The van der Waals surface area contributed by atoms with Crippen LogP contribution in [0.15, 0.2) is 29.4 Å². The summed E-state index contributed by atoms with van der Waals surface area (Å²) in [7, 11) is -4.14. The minimum atomic E-state index is -4.14. The number of carbonyl (C=O) groups is 1. The molecule has 138 valence electrons. The van der Waals surface area contributed by atoms with Crippen LogP contribution in [-0.2, 0) is 14.8 Å². The van der Waals surface area contributed by atoms with Crippen molar-refractivity contribution in [1.82, 2.24) is 14.2 Å². The van der Waals surface area contributed by atoms with E-state index in [-0.39, 0.29) is 23.8 Å². The van der Waals surface area contributed by atoms with Gasteiger partial charge in [-0.15, -0.1) is 0 Å². The molecule has 1 atom stereocenters. The summed E-state index contributed by atoms with van der Waals surface area (Å²) in [6.07, 6.45) is 2.81. The van der Waals surface area contributed by atoms with Crippen molar-refractivity contribution < 1.29 is 22.0 Å². The number of sulfonamides is 1. The average molecular weight is 373 g/mol. The fourth-order valence-corrected chi connectivity index (χ4v) is 5.36. The number of rotatable bonds is 3. The third kappa shape index (κ3) is 3.27. The van der Waals surface area contributed by atoms with Crippen LogP contribution < -0.4 is 0 Å². The molecule has 3 heterocycles. The van der Waals surface area contributed by atoms with Crippen molar-refractivity contribution in [3.05, 3.63) is 24.5 Å². The molecule has 9 heteroatoms. The summed E-state index contributed by atoms with van der Waals surface area (Å²) < 4.78 is 55.2. The van der Waals surface area contributed by atoms with E-state index in [9.17, 15) is 22.0 Å². The normalized spacial score (nSPS) is 27.6. The Bertz CT molecular complexity index is 757. The molecule has 2 fully saturated rings. The predicted molar refractivity (Wildman–Crippen MR) is 86.5 cm³/mol. The Morgan fingerprint density at radius 1 is 1.32 bits per heavy atom. The van der Waals surface area contributed by atoms with Gasteiger partial charge < -0.3 is 4.90 Å². The van der Waals surface area contributed by atoms with E-state index in [1.165, 1.54) is 18.3 Å². The fraction of sp³-hybridized carbons (Fsp3) is 0.625. The smallest absolute Gasteiger partial charge is 0.262 e. The topological polar surface area (TPSA) is 70.6 Å². The number of nitrogens with zero attached hydrogens (tertiary/aromatic N) is 3. The maximum Gasteiger partial charge on any atom is 0.262 e. The Morgan fingerprint density at radius 2 is 2.08 bits per heavy atom. The maximum absolute atomic E-state index is 14.4. The summed E-state index contributed by atoms with van der Waals surface area (Å²) in [6, 6.07) is 2.76. The lowest BCUT2D eigenvalue weighted by atomic mass is 9.72. The van der Waals surface area contributed by atoms with Crippen molar-refractivity contribution in [2.45, 2.75) is 37.0 Å². The van der Waals surface area contributed by atoms with E-state index >= 15 is 0 Å². The molecule has 1 aromatic rings. The summed E-state index contributed by atoms with van der Waals surface area (Å²) in [4.78, 5) is 17.9. The molecule has 0 radical (unpaired) electrons. The number of amides is 1. The van der Waals surface area contributed by atoms with E-state index in [0.717, 1.165) is 10.5 Å². The van der Waals surface area contributed by atoms with Crippen molar-refractivity contribution >= 4 is 15.9 Å². The zero-order valence-corrected chi connectivity index (χ0v) is 14.8. The molecule has 1 spiro atoms. The molecule has 6 nitrogen and oxygen atoms in total. The molecule has 2 aliphatic heterocycles. The Kier molecular flexibility index (Phi) is 4.57. The first-order chi connectivity index (χ1) is 11.7. The number of carbonyl (C=O) groups excluding carboxylic acids is 1. The van der Waals surface area contributed by atoms with Gasteiger partial charge in [0.1, 0.15) is 4.90 Å². The number of likely N-dealkylation sites (tertiary alicyclic amines) is 1. The third-order valence-corrected chi connectivity index (χ3v) is 6.74. The molecule has 0 aliphatic carbocycles. The molecule has 0 bridgehead atoms. The Balaban J connectivity index is 1.98. The lowest BCUT2D eigenvalue weighted by Gasteiger charge is -2.48. The molecular formula is C16H21F2N3O3S. The van der Waals surface area contributed by atoms with Gasteiger partial charge in [0.2, 0.25) is 15.9 Å². The highest BCUT2D eigenvalue weighted by atomic mass is 32.2. The summed E-state index contributed by atoms with van der Waals surface area (Å²) in [5, 5.41) is 0. The van der Waals surface area contributed by atoms with Gasteiger partial charge in [0, 0.05) is 38.4 Å². The predicted octanol–water partition coefficient (Wildman–Crippen LogP) is 1.74. The zero-order valence-electron chi connectivity index (χ0n) is 14.0. The minimum absolute atomic E-state index is 0.140. The van der Waals surface area contributed by atoms with Crippen molar-refractivity contribution in [3.8, 4) is 0 Å². The van der Waals surface area contributed by atoms with Gasteiger partial charge in [0.15, 0.2) is 0 Å². The fourth-order valence-electron chi connectivity index (χ4n) is 3.84. The second-order valence-corrected chi connectivity index (χ2v) is 8.70. The summed E-state index contributed by atoms with van der Waals surface area (Å²) in [5.41, 5.74) is -1.36. The lowest BCUT2D eigenvalue weighted by molar-refractivity contribution is -0.163. The first kappa shape index (κ1) is 18.2. The number of alkyl halides is 2. The first-order valence-corrected chi connectivity index (χ1v) is 9.72. The van der Waals surface area contributed by atoms with Crippen molar-refractivity contribution in [3.63, 3.8) is 0 Å². The second kappa shape index (κ2) is 6.28. The van der Waals surface area contributed by atoms with Crippen molar-refractivity contribution in [2.75, 3.05) is 26.2 Å². The Hall–Kier alpha value is -1.61. The van der Waals surface area contributed by atoms with E-state index in [4.69, 9.17) is 0 Å². The Morgan fingerprint density at radius 3 is 2.72 bits per heavy atom. The highest BCUT2D eigenvalue weighted by Crippen LogP contribution is 2.46. The van der Waals surface area contributed by atoms with Crippen LogP contribution in [0.2, 0.25) is 0 Å². The molecule has 1 aromatic heterocycles. The van der Waals surface area contributed by atoms with E-state index in [0.29, 0.717) is 19.5 Å². The Labute approximate surface area is 145 Å². The van der Waals surface area contributed by atoms with Crippen LogP contribution in [0.1, 0.15) is 26.2 Å². The van der Waals surface area contributed by atoms with Gasteiger partial charge in [-0.1, -0.05) is 0 Å². The van der Waals surface area contributed by atoms with Crippen LogP contribution in [0.25, 0.3) is 0 Å². The minimum Gasteiger partial charge on any atom is -0.342 e. The van der Waals surface area contributed by atoms with Gasteiger partial charge in [-0.25, -0.2) is 17.2 Å². The van der Waals surface area contributed by atoms with Crippen LogP contribution in [0.4, 0.5) is 8.78 Å². The molecule has 0 unspecified atom stereocenters. The molecular weight excluding hydrogens is 352 g/mol. The third-order valence-electron chi connectivity index (χ3n) is 4.96. The zero-order chi connectivity index (χ0) is 18.3. The molecule has 0 N–H and O–H groups in total. The van der Waals surface area contributed by atoms with Crippen LogP contribution >= 0.6 is 0 Å². The van der Waals surface area contributed by atoms with E-state index < -0.39 is 34.3 Å². The molecule has 3 rings (SSSR count). The largest absolute Gasteiger partial charge is 0.342 e. The van der Waals surface area contributed by atoms with Gasteiger partial charge in [0.05, 0.1) is 12.0 Å². The summed E-state index contributed by atoms with van der Waals surface area (Å²) >= 11 is 0. The number of halogens is 2. The van der Waals surface area contributed by atoms with Crippen molar-refractivity contribution in [2.24, 2.45) is 5.41 Å². The van der Waals surface area contributed by atoms with Crippen LogP contribution in [0.3, 0.4) is 0 Å². The van der Waals surface area contributed by atoms with Gasteiger partial charge in [-0.2, -0.15) is 4.31 Å². The SMILES string of the molecule is CCN1CCC[C@]2(CN(S(=O)(=O)c3cccnc3)CC(F)(F)C2)C1=O. The number of hydrogen-bond acceptors (Lipinski definition) is 4. The second-order valence-electron chi connectivity index (χ2n) is 6.76. The average Bonchev–Trinajstić information content (AvgIpc) is 2.57. The monoisotopic (exact) mass is 373 g/mol. The first-order valence-electron chi connectivity index (χ1n) is 8.28. The van der Waals surface area contributed by atoms with E-state index in [1.807, 2.05) is 0 Å². The lowest BCUT2D eigenvalue weighted by Crippen LogP contribution is -2.61. The quantitative estimate of drug-likeness (QED) is 0.809. The highest BCUT2D eigenvalue weighted by molar-refractivity contribution is 7.89. The number of hydrogen-bond donors (Lipinski definition) is 0. The highest BCUT2D eigenvalue weighted by Gasteiger charge is 2.57. The molecule has 2 aliphatic rings. The van der Waals surface area contributed by atoms with Crippen LogP contribution in [0.5, 0.6) is 0 Å². The molecule has 0 aromatic carbocycles.